The average Bonchev–Trinajstić information content (AvgIpc) is 2.01. The van der Waals surface area contributed by atoms with Crippen LogP contribution in [-0.4, -0.2) is 10.1 Å². The summed E-state index contributed by atoms with van der Waals surface area (Å²) in [4.78, 5) is 4.29. The largest absolute Gasteiger partial charge is 0.390 e. The molecule has 1 rings (SSSR count). The minimum atomic E-state index is -0.0658. The van der Waals surface area contributed by atoms with Crippen molar-refractivity contribution in [3.05, 3.63) is 28.5 Å². The lowest BCUT2D eigenvalue weighted by atomic mass is 9.91. The minimum Gasteiger partial charge on any atom is -0.390 e. The van der Waals surface area contributed by atoms with Crippen LogP contribution in [0.15, 0.2) is 12.1 Å². The van der Waals surface area contributed by atoms with Crippen molar-refractivity contribution >= 4 is 11.6 Å². The van der Waals surface area contributed by atoms with Gasteiger partial charge in [-0.05, 0) is 12.1 Å². The zero-order valence-electron chi connectivity index (χ0n) is 8.13. The number of aliphatic hydroxyl groups is 1. The maximum absolute atomic E-state index is 8.93. The van der Waals surface area contributed by atoms with Gasteiger partial charge in [0.15, 0.2) is 0 Å². The summed E-state index contributed by atoms with van der Waals surface area (Å²) in [5.74, 6) is 0. The summed E-state index contributed by atoms with van der Waals surface area (Å²) in [5.41, 5.74) is 1.50. The van der Waals surface area contributed by atoms with Gasteiger partial charge in [0.1, 0.15) is 0 Å². The van der Waals surface area contributed by atoms with Crippen molar-refractivity contribution in [2.24, 2.45) is 0 Å². The SMILES string of the molecule is CC(C)(C)c1cc(Cl)cc(CO)n1. The molecule has 0 radical (unpaired) electrons. The lowest BCUT2D eigenvalue weighted by Crippen LogP contribution is -2.14. The molecule has 0 aliphatic carbocycles. The molecule has 0 aliphatic heterocycles. The Morgan fingerprint density at radius 1 is 1.38 bits per heavy atom. The van der Waals surface area contributed by atoms with Crippen LogP contribution < -0.4 is 0 Å². The van der Waals surface area contributed by atoms with Crippen molar-refractivity contribution in [2.45, 2.75) is 32.8 Å². The summed E-state index contributed by atoms with van der Waals surface area (Å²) in [6.45, 7) is 6.12. The minimum absolute atomic E-state index is 0.0329. The van der Waals surface area contributed by atoms with Crippen LogP contribution in [0.5, 0.6) is 0 Å². The molecule has 3 heteroatoms. The summed E-state index contributed by atoms with van der Waals surface area (Å²) in [7, 11) is 0. The average molecular weight is 200 g/mol. The molecule has 0 aliphatic rings. The number of nitrogens with zero attached hydrogens (tertiary/aromatic N) is 1. The molecular formula is C10H14ClNO. The number of aliphatic hydroxyl groups excluding tert-OH is 1. The topological polar surface area (TPSA) is 33.1 Å². The first-order valence-electron chi connectivity index (χ1n) is 4.21. The smallest absolute Gasteiger partial charge is 0.0853 e. The molecule has 13 heavy (non-hydrogen) atoms. The lowest BCUT2D eigenvalue weighted by Gasteiger charge is -2.18. The molecule has 2 nitrogen and oxygen atoms in total. The summed E-state index contributed by atoms with van der Waals surface area (Å²) in [5, 5.41) is 9.56. The highest BCUT2D eigenvalue weighted by molar-refractivity contribution is 6.30. The van der Waals surface area contributed by atoms with Gasteiger partial charge in [0.25, 0.3) is 0 Å². The van der Waals surface area contributed by atoms with Gasteiger partial charge >= 0.3 is 0 Å². The molecule has 0 spiro atoms. The molecule has 0 amide bonds. The van der Waals surface area contributed by atoms with Crippen molar-refractivity contribution in [1.29, 1.82) is 0 Å². The Morgan fingerprint density at radius 3 is 2.46 bits per heavy atom. The molecular weight excluding hydrogens is 186 g/mol. The van der Waals surface area contributed by atoms with Crippen LogP contribution in [0.1, 0.15) is 32.2 Å². The predicted molar refractivity (Wildman–Crippen MR) is 53.9 cm³/mol. The van der Waals surface area contributed by atoms with Crippen LogP contribution in [0.3, 0.4) is 0 Å². The second-order valence-corrected chi connectivity index (χ2v) is 4.51. The molecule has 0 unspecified atom stereocenters. The fourth-order valence-electron chi connectivity index (χ4n) is 1.02. The van der Waals surface area contributed by atoms with Crippen molar-refractivity contribution in [1.82, 2.24) is 4.98 Å². The Labute approximate surface area is 83.6 Å². The number of rotatable bonds is 1. The van der Waals surface area contributed by atoms with Gasteiger partial charge < -0.3 is 5.11 Å². The van der Waals surface area contributed by atoms with Gasteiger partial charge in [-0.15, -0.1) is 0 Å². The first-order chi connectivity index (χ1) is 5.93. The first kappa shape index (κ1) is 10.5. The van der Waals surface area contributed by atoms with Gasteiger partial charge in [0.2, 0.25) is 0 Å². The number of halogens is 1. The van der Waals surface area contributed by atoms with E-state index in [2.05, 4.69) is 25.8 Å². The van der Waals surface area contributed by atoms with Gasteiger partial charge in [0.05, 0.1) is 12.3 Å². The number of pyridine rings is 1. The van der Waals surface area contributed by atoms with Gasteiger partial charge in [0, 0.05) is 16.1 Å². The number of hydrogen-bond acceptors (Lipinski definition) is 2. The van der Waals surface area contributed by atoms with E-state index in [1.165, 1.54) is 0 Å². The van der Waals surface area contributed by atoms with Crippen LogP contribution in [0, 0.1) is 0 Å². The first-order valence-corrected chi connectivity index (χ1v) is 4.59. The van der Waals surface area contributed by atoms with Crippen molar-refractivity contribution in [3.63, 3.8) is 0 Å². The van der Waals surface area contributed by atoms with Crippen LogP contribution in [0.4, 0.5) is 0 Å². The molecule has 1 aromatic heterocycles. The van der Waals surface area contributed by atoms with Crippen LogP contribution >= 0.6 is 11.6 Å². The molecule has 0 saturated heterocycles. The maximum atomic E-state index is 8.93. The molecule has 0 saturated carbocycles. The highest BCUT2D eigenvalue weighted by atomic mass is 35.5. The van der Waals surface area contributed by atoms with Gasteiger partial charge in [-0.3, -0.25) is 4.98 Å². The predicted octanol–water partition coefficient (Wildman–Crippen LogP) is 2.52. The van der Waals surface area contributed by atoms with E-state index in [9.17, 15) is 0 Å². The maximum Gasteiger partial charge on any atom is 0.0853 e. The normalized spacial score (nSPS) is 11.8. The van der Waals surface area contributed by atoms with E-state index in [0.29, 0.717) is 10.7 Å². The highest BCUT2D eigenvalue weighted by Gasteiger charge is 2.16. The van der Waals surface area contributed by atoms with E-state index in [4.69, 9.17) is 16.7 Å². The Balaban J connectivity index is 3.16. The molecule has 1 heterocycles. The molecule has 0 aromatic carbocycles. The summed E-state index contributed by atoms with van der Waals surface area (Å²) in [6.07, 6.45) is 0. The van der Waals surface area contributed by atoms with Crippen molar-refractivity contribution in [3.8, 4) is 0 Å². The zero-order valence-corrected chi connectivity index (χ0v) is 8.89. The zero-order chi connectivity index (χ0) is 10.1. The number of hydrogen-bond donors (Lipinski definition) is 1. The van der Waals surface area contributed by atoms with Crippen molar-refractivity contribution < 1.29 is 5.11 Å². The van der Waals surface area contributed by atoms with Gasteiger partial charge in [-0.1, -0.05) is 32.4 Å². The standard InChI is InChI=1S/C10H14ClNO/c1-10(2,3)9-5-7(11)4-8(6-13)12-9/h4-5,13H,6H2,1-3H3. The van der Waals surface area contributed by atoms with E-state index < -0.39 is 0 Å². The van der Waals surface area contributed by atoms with Gasteiger partial charge in [-0.2, -0.15) is 0 Å². The molecule has 72 valence electrons. The van der Waals surface area contributed by atoms with Crippen LogP contribution in [-0.2, 0) is 12.0 Å². The van der Waals surface area contributed by atoms with E-state index in [1.807, 2.05) is 6.07 Å². The van der Waals surface area contributed by atoms with E-state index in [-0.39, 0.29) is 12.0 Å². The third-order valence-electron chi connectivity index (χ3n) is 1.77. The monoisotopic (exact) mass is 199 g/mol. The number of aromatic nitrogens is 1. The Morgan fingerprint density at radius 2 is 2.00 bits per heavy atom. The van der Waals surface area contributed by atoms with E-state index in [1.54, 1.807) is 6.07 Å². The fraction of sp³-hybridized carbons (Fsp3) is 0.500. The Hall–Kier alpha value is -0.600. The molecule has 1 N–H and O–H groups in total. The van der Waals surface area contributed by atoms with Crippen LogP contribution in [0.25, 0.3) is 0 Å². The lowest BCUT2D eigenvalue weighted by molar-refractivity contribution is 0.276. The highest BCUT2D eigenvalue weighted by Crippen LogP contribution is 2.23. The second-order valence-electron chi connectivity index (χ2n) is 4.07. The van der Waals surface area contributed by atoms with Gasteiger partial charge in [-0.25, -0.2) is 0 Å². The summed E-state index contributed by atoms with van der Waals surface area (Å²) >= 11 is 5.88. The summed E-state index contributed by atoms with van der Waals surface area (Å²) in [6, 6.07) is 3.51. The quantitative estimate of drug-likeness (QED) is 0.754. The van der Waals surface area contributed by atoms with E-state index in [0.717, 1.165) is 5.69 Å². The fourth-order valence-corrected chi connectivity index (χ4v) is 1.25. The van der Waals surface area contributed by atoms with E-state index >= 15 is 0 Å². The molecule has 0 atom stereocenters. The Kier molecular flexibility index (Phi) is 2.94. The second kappa shape index (κ2) is 3.64. The molecule has 0 fully saturated rings. The van der Waals surface area contributed by atoms with Crippen molar-refractivity contribution in [2.75, 3.05) is 0 Å². The summed E-state index contributed by atoms with van der Waals surface area (Å²) < 4.78 is 0. The third kappa shape index (κ3) is 2.68. The van der Waals surface area contributed by atoms with Crippen LogP contribution in [0.2, 0.25) is 5.02 Å². The molecule has 0 bridgehead atoms. The Bertz CT molecular complexity index is 304. The molecule has 1 aromatic rings. The third-order valence-corrected chi connectivity index (χ3v) is 1.99.